The van der Waals surface area contributed by atoms with Crippen LogP contribution in [-0.4, -0.2) is 0 Å². The van der Waals surface area contributed by atoms with Gasteiger partial charge >= 0.3 is 0 Å². The molecule has 0 aromatic carbocycles. The van der Waals surface area contributed by atoms with E-state index >= 15 is 0 Å². The molecule has 0 saturated carbocycles. The minimum Gasteiger partial charge on any atom is -0.0654 e. The van der Waals surface area contributed by atoms with Crippen LogP contribution in [0.4, 0.5) is 0 Å². The largest absolute Gasteiger partial charge is 0.0654 e. The van der Waals surface area contributed by atoms with Crippen LogP contribution in [0.5, 0.6) is 0 Å². The molecule has 0 aliphatic carbocycles. The van der Waals surface area contributed by atoms with Gasteiger partial charge in [0.15, 0.2) is 0 Å². The fourth-order valence-corrected chi connectivity index (χ4v) is 8.34. The molecule has 0 aliphatic rings. The summed E-state index contributed by atoms with van der Waals surface area (Å²) in [6.45, 7) is 9.34. The third-order valence-electron chi connectivity index (χ3n) is 11.8. The summed E-state index contributed by atoms with van der Waals surface area (Å²) in [5.41, 5.74) is 0. The first-order valence-corrected chi connectivity index (χ1v) is 24.1. The van der Waals surface area contributed by atoms with Gasteiger partial charge in [-0.1, -0.05) is 278 Å². The summed E-state index contributed by atoms with van der Waals surface area (Å²) in [6.07, 6.45) is 63.2. The minimum absolute atomic E-state index is 0.940. The molecule has 0 N–H and O–H groups in total. The lowest BCUT2D eigenvalue weighted by atomic mass is 9.78. The summed E-state index contributed by atoms with van der Waals surface area (Å²) in [6, 6.07) is 0. The van der Waals surface area contributed by atoms with Crippen LogP contribution in [-0.2, 0) is 0 Å². The Morgan fingerprint density at radius 3 is 0.633 bits per heavy atom. The Morgan fingerprint density at radius 1 is 0.224 bits per heavy atom. The van der Waals surface area contributed by atoms with Crippen molar-refractivity contribution in [2.45, 2.75) is 304 Å². The van der Waals surface area contributed by atoms with Gasteiger partial charge in [0.25, 0.3) is 0 Å². The Labute approximate surface area is 314 Å². The summed E-state index contributed by atoms with van der Waals surface area (Å²) < 4.78 is 0. The number of hydrogen-bond donors (Lipinski definition) is 0. The standard InChI is InChI=1S/C49H99/c1-5-9-13-17-21-25-29-33-37-41-45-48(44-40-36-32-28-24-20-16-12-8-4)49(46-42-38-34-30-26-22-18-14-10-6-2)47-43-39-35-31-27-23-19-15-11-7-3/h49H,5-47H2,1-4H3. The predicted molar refractivity (Wildman–Crippen MR) is 228 cm³/mol. The molecule has 0 bridgehead atoms. The van der Waals surface area contributed by atoms with E-state index in [1.807, 2.05) is 5.92 Å². The predicted octanol–water partition coefficient (Wildman–Crippen LogP) is 19.0. The zero-order chi connectivity index (χ0) is 35.6. The van der Waals surface area contributed by atoms with Crippen molar-refractivity contribution in [3.05, 3.63) is 5.92 Å². The van der Waals surface area contributed by atoms with Gasteiger partial charge in [0.2, 0.25) is 0 Å². The van der Waals surface area contributed by atoms with E-state index in [2.05, 4.69) is 27.7 Å². The van der Waals surface area contributed by atoms with Gasteiger partial charge in [-0.05, 0) is 37.5 Å². The summed E-state index contributed by atoms with van der Waals surface area (Å²) >= 11 is 0. The molecule has 0 rings (SSSR count). The molecular weight excluding hydrogens is 589 g/mol. The molecular formula is C49H99. The Hall–Kier alpha value is 0. The van der Waals surface area contributed by atoms with Crippen LogP contribution in [0.15, 0.2) is 0 Å². The number of hydrogen-bond acceptors (Lipinski definition) is 0. The average Bonchev–Trinajstić information content (AvgIpc) is 3.11. The maximum absolute atomic E-state index is 2.34. The molecule has 0 unspecified atom stereocenters. The Bertz CT molecular complexity index is 526. The van der Waals surface area contributed by atoms with E-state index in [4.69, 9.17) is 0 Å². The quantitative estimate of drug-likeness (QED) is 0.0559. The lowest BCUT2D eigenvalue weighted by Crippen LogP contribution is -2.14. The van der Waals surface area contributed by atoms with E-state index in [1.165, 1.54) is 276 Å². The molecule has 0 heteroatoms. The number of rotatable bonds is 44. The van der Waals surface area contributed by atoms with Crippen LogP contribution >= 0.6 is 0 Å². The van der Waals surface area contributed by atoms with E-state index in [9.17, 15) is 0 Å². The number of unbranched alkanes of at least 4 members (excludes halogenated alkanes) is 35. The summed E-state index contributed by atoms with van der Waals surface area (Å²) in [5, 5.41) is 0. The maximum atomic E-state index is 2.34. The topological polar surface area (TPSA) is 0 Å². The third kappa shape index (κ3) is 39.0. The SMILES string of the molecule is CCCCCCCCCCCC[C](CCCCCCCCCCC)C(CCCCCCCCCCCC)CCCCCCCCCCCC. The smallest absolute Gasteiger partial charge is 0.0210 e. The second kappa shape index (κ2) is 44.2. The highest BCUT2D eigenvalue weighted by Crippen LogP contribution is 2.35. The first-order valence-electron chi connectivity index (χ1n) is 24.1. The van der Waals surface area contributed by atoms with E-state index in [0.717, 1.165) is 5.92 Å². The summed E-state index contributed by atoms with van der Waals surface area (Å²) in [5.74, 6) is 2.98. The van der Waals surface area contributed by atoms with E-state index < -0.39 is 0 Å². The fraction of sp³-hybridized carbons (Fsp3) is 0.980. The molecule has 0 nitrogen and oxygen atoms in total. The zero-order valence-electron chi connectivity index (χ0n) is 35.5. The van der Waals surface area contributed by atoms with Crippen molar-refractivity contribution in [1.82, 2.24) is 0 Å². The van der Waals surface area contributed by atoms with Gasteiger partial charge in [0, 0.05) is 0 Å². The van der Waals surface area contributed by atoms with Gasteiger partial charge in [-0.3, -0.25) is 0 Å². The van der Waals surface area contributed by atoms with Crippen LogP contribution in [0.2, 0.25) is 0 Å². The summed E-state index contributed by atoms with van der Waals surface area (Å²) in [7, 11) is 0. The van der Waals surface area contributed by atoms with Crippen molar-refractivity contribution in [3.63, 3.8) is 0 Å². The van der Waals surface area contributed by atoms with Gasteiger partial charge in [-0.25, -0.2) is 0 Å². The van der Waals surface area contributed by atoms with Crippen LogP contribution in [0.3, 0.4) is 0 Å². The lowest BCUT2D eigenvalue weighted by Gasteiger charge is -2.28. The first kappa shape index (κ1) is 49.0. The van der Waals surface area contributed by atoms with Crippen LogP contribution in [0.1, 0.15) is 304 Å². The molecule has 0 atom stereocenters. The Balaban J connectivity index is 4.80. The normalized spacial score (nSPS) is 11.9. The molecule has 0 amide bonds. The van der Waals surface area contributed by atoms with Gasteiger partial charge in [-0.2, -0.15) is 0 Å². The van der Waals surface area contributed by atoms with Gasteiger partial charge < -0.3 is 0 Å². The highest BCUT2D eigenvalue weighted by atomic mass is 14.3. The monoisotopic (exact) mass is 688 g/mol. The molecule has 0 saturated heterocycles. The molecule has 0 aromatic rings. The molecule has 1 radical (unpaired) electrons. The molecule has 0 aliphatic heterocycles. The molecule has 0 heterocycles. The van der Waals surface area contributed by atoms with E-state index in [1.54, 1.807) is 0 Å². The van der Waals surface area contributed by atoms with Crippen LogP contribution in [0.25, 0.3) is 0 Å². The average molecular weight is 688 g/mol. The van der Waals surface area contributed by atoms with Crippen molar-refractivity contribution in [1.29, 1.82) is 0 Å². The molecule has 0 fully saturated rings. The van der Waals surface area contributed by atoms with Crippen LogP contribution < -0.4 is 0 Å². The second-order valence-electron chi connectivity index (χ2n) is 16.8. The van der Waals surface area contributed by atoms with Crippen LogP contribution in [0, 0.1) is 11.8 Å². The molecule has 0 aromatic heterocycles. The lowest BCUT2D eigenvalue weighted by molar-refractivity contribution is 0.370. The minimum atomic E-state index is 0.940. The van der Waals surface area contributed by atoms with Crippen molar-refractivity contribution in [2.24, 2.45) is 5.92 Å². The maximum Gasteiger partial charge on any atom is -0.0210 e. The molecule has 49 heavy (non-hydrogen) atoms. The summed E-state index contributed by atoms with van der Waals surface area (Å²) in [4.78, 5) is 0. The van der Waals surface area contributed by atoms with Crippen molar-refractivity contribution in [3.8, 4) is 0 Å². The van der Waals surface area contributed by atoms with E-state index in [-0.39, 0.29) is 0 Å². The van der Waals surface area contributed by atoms with Crippen molar-refractivity contribution >= 4 is 0 Å². The van der Waals surface area contributed by atoms with Gasteiger partial charge in [0.1, 0.15) is 0 Å². The van der Waals surface area contributed by atoms with Crippen molar-refractivity contribution < 1.29 is 0 Å². The molecule has 0 spiro atoms. The third-order valence-corrected chi connectivity index (χ3v) is 11.8. The highest BCUT2D eigenvalue weighted by Gasteiger charge is 2.21. The van der Waals surface area contributed by atoms with E-state index in [0.29, 0.717) is 0 Å². The Kier molecular flexibility index (Phi) is 44.2. The Morgan fingerprint density at radius 2 is 0.408 bits per heavy atom. The zero-order valence-corrected chi connectivity index (χ0v) is 35.5. The van der Waals surface area contributed by atoms with Gasteiger partial charge in [-0.15, -0.1) is 0 Å². The first-order chi connectivity index (χ1) is 24.3. The van der Waals surface area contributed by atoms with Gasteiger partial charge in [0.05, 0.1) is 0 Å². The second-order valence-corrected chi connectivity index (χ2v) is 16.8. The molecule has 295 valence electrons. The fourth-order valence-electron chi connectivity index (χ4n) is 8.34. The highest BCUT2D eigenvalue weighted by molar-refractivity contribution is 4.96. The van der Waals surface area contributed by atoms with Crippen molar-refractivity contribution in [2.75, 3.05) is 0 Å².